The molecule has 0 unspecified atom stereocenters. The van der Waals surface area contributed by atoms with Gasteiger partial charge in [-0.3, -0.25) is 18.6 Å². The number of hydrogen-bond donors (Lipinski definition) is 1. The van der Waals surface area contributed by atoms with Gasteiger partial charge in [-0.1, -0.05) is 40.9 Å². The lowest BCUT2D eigenvalue weighted by molar-refractivity contribution is -0.273. The predicted octanol–water partition coefficient (Wildman–Crippen LogP) is 0.930. The Hall–Kier alpha value is -1.19. The molecule has 0 aromatic carbocycles. The highest BCUT2D eigenvalue weighted by Gasteiger charge is 2.52. The number of esters is 3. The van der Waals surface area contributed by atoms with Crippen LogP contribution in [0.25, 0.3) is 0 Å². The zero-order valence-corrected chi connectivity index (χ0v) is 20.9. The summed E-state index contributed by atoms with van der Waals surface area (Å²) >= 11 is 16.6. The molecule has 0 saturated carbocycles. The van der Waals surface area contributed by atoms with E-state index < -0.39 is 75.9 Å². The first-order valence-electron chi connectivity index (χ1n) is 9.24. The van der Waals surface area contributed by atoms with Crippen LogP contribution in [-0.2, 0) is 52.6 Å². The average Bonchev–Trinajstić information content (AvgIpc) is 2.66. The zero-order chi connectivity index (χ0) is 25.4. The van der Waals surface area contributed by atoms with Crippen LogP contribution in [0.3, 0.4) is 0 Å². The SMILES string of the molecule is C=CCO[C@@H]1O[C@H](COC(C)=O)[C@@H](OC(C)=O)[C@H](OC(C)=O)[C@H]1NS(=O)(=O)OCC(Cl)(Cl)Cl. The van der Waals surface area contributed by atoms with Crippen LogP contribution in [0.15, 0.2) is 12.7 Å². The van der Waals surface area contributed by atoms with Gasteiger partial charge >= 0.3 is 28.2 Å². The number of halogens is 3. The third kappa shape index (κ3) is 11.2. The molecule has 1 heterocycles. The smallest absolute Gasteiger partial charge is 0.336 e. The molecule has 0 aliphatic carbocycles. The van der Waals surface area contributed by atoms with Crippen molar-refractivity contribution in [1.82, 2.24) is 4.72 Å². The van der Waals surface area contributed by atoms with Gasteiger partial charge in [-0.2, -0.15) is 13.1 Å². The van der Waals surface area contributed by atoms with Crippen LogP contribution >= 0.6 is 34.8 Å². The molecule has 12 nitrogen and oxygen atoms in total. The summed E-state index contributed by atoms with van der Waals surface area (Å²) in [6, 6.07) is -1.51. The van der Waals surface area contributed by atoms with Gasteiger partial charge in [0.1, 0.15) is 25.4 Å². The van der Waals surface area contributed by atoms with E-state index in [1.54, 1.807) is 0 Å². The first-order chi connectivity index (χ1) is 15.1. The van der Waals surface area contributed by atoms with Crippen molar-refractivity contribution in [3.63, 3.8) is 0 Å². The van der Waals surface area contributed by atoms with Gasteiger partial charge in [0.25, 0.3) is 0 Å². The molecule has 0 amide bonds. The first kappa shape index (κ1) is 29.8. The number of hydrogen-bond acceptors (Lipinski definition) is 11. The average molecular weight is 557 g/mol. The van der Waals surface area contributed by atoms with E-state index in [2.05, 4.69) is 15.5 Å². The predicted molar refractivity (Wildman–Crippen MR) is 115 cm³/mol. The van der Waals surface area contributed by atoms with Crippen molar-refractivity contribution in [3.8, 4) is 0 Å². The summed E-state index contributed by atoms with van der Waals surface area (Å²) < 4.78 is 56.2. The normalized spacial score (nSPS) is 25.7. The van der Waals surface area contributed by atoms with Crippen molar-refractivity contribution in [1.29, 1.82) is 0 Å². The highest BCUT2D eigenvalue weighted by molar-refractivity contribution is 7.84. The number of carbonyl (C=O) groups excluding carboxylic acids is 3. The molecular weight excluding hydrogens is 533 g/mol. The second kappa shape index (κ2) is 13.0. The Labute approximate surface area is 205 Å². The molecule has 1 aliphatic heterocycles. The number of carbonyl (C=O) groups is 3. The van der Waals surface area contributed by atoms with Crippen molar-refractivity contribution < 1.29 is 50.7 Å². The van der Waals surface area contributed by atoms with Gasteiger partial charge < -0.3 is 23.7 Å². The van der Waals surface area contributed by atoms with Crippen LogP contribution in [0.4, 0.5) is 0 Å². The molecular formula is C17H24Cl3NO11S. The molecule has 0 spiro atoms. The number of alkyl halides is 3. The second-order valence-electron chi connectivity index (χ2n) is 6.59. The minimum Gasteiger partial charge on any atom is -0.463 e. The molecule has 1 saturated heterocycles. The van der Waals surface area contributed by atoms with E-state index >= 15 is 0 Å². The van der Waals surface area contributed by atoms with E-state index in [1.807, 2.05) is 0 Å². The maximum Gasteiger partial charge on any atom is 0.336 e. The van der Waals surface area contributed by atoms with Crippen LogP contribution in [0.2, 0.25) is 0 Å². The molecule has 190 valence electrons. The van der Waals surface area contributed by atoms with Crippen molar-refractivity contribution in [2.75, 3.05) is 19.8 Å². The Morgan fingerprint density at radius 3 is 2.12 bits per heavy atom. The van der Waals surface area contributed by atoms with Gasteiger partial charge in [-0.25, -0.2) is 0 Å². The molecule has 1 aliphatic rings. The highest BCUT2D eigenvalue weighted by atomic mass is 35.6. The van der Waals surface area contributed by atoms with Gasteiger partial charge in [0.15, 0.2) is 18.5 Å². The van der Waals surface area contributed by atoms with Gasteiger partial charge in [0, 0.05) is 20.8 Å². The Balaban J connectivity index is 3.36. The minimum atomic E-state index is -4.64. The number of nitrogens with one attached hydrogen (secondary N) is 1. The van der Waals surface area contributed by atoms with E-state index in [9.17, 15) is 22.8 Å². The van der Waals surface area contributed by atoms with Gasteiger partial charge in [-0.05, 0) is 0 Å². The lowest BCUT2D eigenvalue weighted by Crippen LogP contribution is -2.66. The maximum absolute atomic E-state index is 12.5. The molecule has 0 aromatic heterocycles. The van der Waals surface area contributed by atoms with Gasteiger partial charge in [0.2, 0.25) is 3.79 Å². The van der Waals surface area contributed by atoms with E-state index in [0.29, 0.717) is 0 Å². The highest BCUT2D eigenvalue weighted by Crippen LogP contribution is 2.30. The quantitative estimate of drug-likeness (QED) is 0.167. The maximum atomic E-state index is 12.5. The van der Waals surface area contributed by atoms with Gasteiger partial charge in [0.05, 0.1) is 6.61 Å². The van der Waals surface area contributed by atoms with Crippen LogP contribution in [0.5, 0.6) is 0 Å². The van der Waals surface area contributed by atoms with Crippen LogP contribution in [0, 0.1) is 0 Å². The van der Waals surface area contributed by atoms with Crippen molar-refractivity contribution >= 4 is 63.0 Å². The molecule has 0 bridgehead atoms. The van der Waals surface area contributed by atoms with E-state index in [4.69, 9.17) is 58.5 Å². The molecule has 1 fully saturated rings. The monoisotopic (exact) mass is 555 g/mol. The van der Waals surface area contributed by atoms with Crippen LogP contribution in [-0.4, -0.2) is 80.6 Å². The Morgan fingerprint density at radius 1 is 1.06 bits per heavy atom. The Bertz CT molecular complexity index is 818. The third-order valence-corrected chi connectivity index (χ3v) is 5.05. The van der Waals surface area contributed by atoms with E-state index in [-0.39, 0.29) is 6.61 Å². The van der Waals surface area contributed by atoms with Crippen molar-refractivity contribution in [2.45, 2.75) is 55.2 Å². The summed E-state index contributed by atoms with van der Waals surface area (Å²) in [7, 11) is -4.64. The third-order valence-electron chi connectivity index (χ3n) is 3.74. The Morgan fingerprint density at radius 2 is 1.64 bits per heavy atom. The number of ether oxygens (including phenoxy) is 5. The topological polar surface area (TPSA) is 153 Å². The van der Waals surface area contributed by atoms with E-state index in [0.717, 1.165) is 20.8 Å². The second-order valence-corrected chi connectivity index (χ2v) is 10.5. The molecule has 33 heavy (non-hydrogen) atoms. The van der Waals surface area contributed by atoms with Crippen LogP contribution in [0.1, 0.15) is 20.8 Å². The zero-order valence-electron chi connectivity index (χ0n) is 17.8. The minimum absolute atomic E-state index is 0.122. The lowest BCUT2D eigenvalue weighted by atomic mass is 9.97. The fourth-order valence-electron chi connectivity index (χ4n) is 2.68. The van der Waals surface area contributed by atoms with Crippen molar-refractivity contribution in [3.05, 3.63) is 12.7 Å². The molecule has 0 aromatic rings. The summed E-state index contributed by atoms with van der Waals surface area (Å²) in [6.07, 6.45) is -4.20. The fraction of sp³-hybridized carbons (Fsp3) is 0.706. The lowest BCUT2D eigenvalue weighted by Gasteiger charge is -2.44. The standard InChI is InChI=1S/C17H24Cl3NO11S/c1-5-6-27-16-13(21-33(25,26)29-8-17(18,19)20)15(31-11(4)24)14(30-10(3)23)12(32-16)7-28-9(2)22/h5,12-16,21H,1,6-8H2,2-4H3/t12-,13-,14-,15-,16-/m1/s1. The largest absolute Gasteiger partial charge is 0.463 e. The molecule has 16 heteroatoms. The molecule has 0 radical (unpaired) electrons. The summed E-state index contributed by atoms with van der Waals surface area (Å²) in [4.78, 5) is 34.8. The Kier molecular flexibility index (Phi) is 11.8. The van der Waals surface area contributed by atoms with Crippen molar-refractivity contribution in [2.24, 2.45) is 0 Å². The van der Waals surface area contributed by atoms with Gasteiger partial charge in [-0.15, -0.1) is 6.58 Å². The summed E-state index contributed by atoms with van der Waals surface area (Å²) in [5, 5.41) is 0. The molecule has 5 atom stereocenters. The fourth-order valence-corrected chi connectivity index (χ4v) is 4.02. The first-order valence-corrected chi connectivity index (χ1v) is 11.8. The molecule has 1 rings (SSSR count). The molecule has 1 N–H and O–H groups in total. The summed E-state index contributed by atoms with van der Waals surface area (Å²) in [5.74, 6) is -2.33. The summed E-state index contributed by atoms with van der Waals surface area (Å²) in [5.41, 5.74) is 0. The van der Waals surface area contributed by atoms with E-state index in [1.165, 1.54) is 6.08 Å². The summed E-state index contributed by atoms with van der Waals surface area (Å²) in [6.45, 7) is 5.34. The number of rotatable bonds is 11. The van der Waals surface area contributed by atoms with Crippen LogP contribution < -0.4 is 4.72 Å².